The third-order valence-electron chi connectivity index (χ3n) is 3.55. The molecule has 1 amide bonds. The SMILES string of the molecule is CCCCNC(CCCC)C(=O)Nc1c(C)cccc1Cl.[Cl-].[H+]. The number of nitrogens with one attached hydrogen (secondary N) is 2. The summed E-state index contributed by atoms with van der Waals surface area (Å²) in [6, 6.07) is 5.50. The van der Waals surface area contributed by atoms with E-state index in [2.05, 4.69) is 24.5 Å². The zero-order valence-electron chi connectivity index (χ0n) is 14.7. The van der Waals surface area contributed by atoms with Crippen molar-refractivity contribution in [1.29, 1.82) is 0 Å². The van der Waals surface area contributed by atoms with Crippen molar-refractivity contribution in [3.05, 3.63) is 28.8 Å². The van der Waals surface area contributed by atoms with Crippen LogP contribution in [0.3, 0.4) is 0 Å². The molecule has 5 heteroatoms. The summed E-state index contributed by atoms with van der Waals surface area (Å²) in [5.41, 5.74) is 1.71. The quantitative estimate of drug-likeness (QED) is 0.667. The maximum absolute atomic E-state index is 12.5. The third kappa shape index (κ3) is 6.99. The second-order valence-corrected chi connectivity index (χ2v) is 5.83. The number of hydrogen-bond acceptors (Lipinski definition) is 2. The molecule has 0 fully saturated rings. The van der Waals surface area contributed by atoms with Gasteiger partial charge in [-0.1, -0.05) is 56.8 Å². The molecule has 0 aliphatic carbocycles. The van der Waals surface area contributed by atoms with E-state index in [4.69, 9.17) is 11.6 Å². The molecule has 0 saturated carbocycles. The monoisotopic (exact) mass is 346 g/mol. The minimum atomic E-state index is -0.146. The van der Waals surface area contributed by atoms with Gasteiger partial charge in [0.15, 0.2) is 0 Å². The third-order valence-corrected chi connectivity index (χ3v) is 3.87. The molecule has 0 heterocycles. The predicted molar refractivity (Wildman–Crippen MR) is 92.2 cm³/mol. The summed E-state index contributed by atoms with van der Waals surface area (Å²) in [6.45, 7) is 7.11. The van der Waals surface area contributed by atoms with Crippen LogP contribution < -0.4 is 23.0 Å². The standard InChI is InChI=1S/C17H27ClN2O.ClH/c1-4-6-11-15(19-12-7-5-2)17(21)20-16-13(3)9-8-10-14(16)18;/h8-10,15,19H,4-7,11-12H2,1-3H3,(H,20,21);1H. The van der Waals surface area contributed by atoms with Crippen LogP contribution in [-0.2, 0) is 4.79 Å². The van der Waals surface area contributed by atoms with Gasteiger partial charge in [0.25, 0.3) is 0 Å². The first-order chi connectivity index (χ1) is 10.1. The highest BCUT2D eigenvalue weighted by Crippen LogP contribution is 2.25. The lowest BCUT2D eigenvalue weighted by Crippen LogP contribution is -3.00. The molecule has 0 aliphatic heterocycles. The molecule has 0 aliphatic rings. The van der Waals surface area contributed by atoms with Crippen LogP contribution >= 0.6 is 11.6 Å². The van der Waals surface area contributed by atoms with E-state index in [9.17, 15) is 4.79 Å². The van der Waals surface area contributed by atoms with Crippen LogP contribution in [0.4, 0.5) is 5.69 Å². The van der Waals surface area contributed by atoms with Gasteiger partial charge < -0.3 is 23.0 Å². The van der Waals surface area contributed by atoms with Crippen molar-refractivity contribution < 1.29 is 18.6 Å². The van der Waals surface area contributed by atoms with Crippen LogP contribution in [0.1, 0.15) is 52.9 Å². The van der Waals surface area contributed by atoms with Crippen LogP contribution in [-0.4, -0.2) is 18.5 Å². The number of anilines is 1. The average Bonchev–Trinajstić information content (AvgIpc) is 2.46. The largest absolute Gasteiger partial charge is 1.00 e. The lowest BCUT2D eigenvalue weighted by Gasteiger charge is -2.19. The van der Waals surface area contributed by atoms with Crippen LogP contribution in [0.5, 0.6) is 0 Å². The lowest BCUT2D eigenvalue weighted by atomic mass is 10.1. The van der Waals surface area contributed by atoms with Crippen molar-refractivity contribution in [2.75, 3.05) is 11.9 Å². The molecule has 1 aromatic carbocycles. The molecule has 2 N–H and O–H groups in total. The van der Waals surface area contributed by atoms with Crippen LogP contribution in [0.25, 0.3) is 0 Å². The summed E-state index contributed by atoms with van der Waals surface area (Å²) in [7, 11) is 0. The Morgan fingerprint density at radius 1 is 1.27 bits per heavy atom. The zero-order chi connectivity index (χ0) is 15.7. The minimum Gasteiger partial charge on any atom is -1.00 e. The van der Waals surface area contributed by atoms with E-state index in [0.717, 1.165) is 49.9 Å². The van der Waals surface area contributed by atoms with Gasteiger partial charge in [-0.2, -0.15) is 0 Å². The van der Waals surface area contributed by atoms with E-state index in [0.29, 0.717) is 5.02 Å². The van der Waals surface area contributed by atoms with Gasteiger partial charge in [-0.15, -0.1) is 0 Å². The summed E-state index contributed by atoms with van der Waals surface area (Å²) in [5.74, 6) is 0.00996. The summed E-state index contributed by atoms with van der Waals surface area (Å²) in [5, 5.41) is 6.93. The highest BCUT2D eigenvalue weighted by Gasteiger charge is 2.18. The van der Waals surface area contributed by atoms with Gasteiger partial charge in [0.2, 0.25) is 5.91 Å². The molecule has 0 bridgehead atoms. The molecule has 3 nitrogen and oxygen atoms in total. The molecule has 1 atom stereocenters. The van der Waals surface area contributed by atoms with E-state index in [1.807, 2.05) is 19.1 Å². The molecule has 0 spiro atoms. The summed E-state index contributed by atoms with van der Waals surface area (Å²) in [4.78, 5) is 12.5. The Hall–Kier alpha value is -0.770. The van der Waals surface area contributed by atoms with E-state index in [-0.39, 0.29) is 25.8 Å². The van der Waals surface area contributed by atoms with Crippen molar-refractivity contribution in [2.45, 2.75) is 58.9 Å². The number of carbonyl (C=O) groups excluding carboxylic acids is 1. The summed E-state index contributed by atoms with van der Waals surface area (Å²) < 4.78 is 0. The van der Waals surface area contributed by atoms with E-state index >= 15 is 0 Å². The molecule has 1 aromatic rings. The Balaban J connectivity index is 0. The molecular weight excluding hydrogens is 319 g/mol. The summed E-state index contributed by atoms with van der Waals surface area (Å²) in [6.07, 6.45) is 5.19. The topological polar surface area (TPSA) is 41.1 Å². The number of benzene rings is 1. The molecular formula is C17H28Cl2N2O. The number of para-hydroxylation sites is 1. The predicted octanol–water partition coefficient (Wildman–Crippen LogP) is 1.65. The van der Waals surface area contributed by atoms with Crippen molar-refractivity contribution >= 4 is 23.2 Å². The molecule has 1 unspecified atom stereocenters. The Labute approximate surface area is 147 Å². The first-order valence-electron chi connectivity index (χ1n) is 7.89. The van der Waals surface area contributed by atoms with Gasteiger partial charge in [0.1, 0.15) is 0 Å². The van der Waals surface area contributed by atoms with Gasteiger partial charge >= 0.3 is 1.43 Å². The Morgan fingerprint density at radius 3 is 2.55 bits per heavy atom. The minimum absolute atomic E-state index is 0. The fourth-order valence-electron chi connectivity index (χ4n) is 2.19. The van der Waals surface area contributed by atoms with Crippen molar-refractivity contribution in [3.8, 4) is 0 Å². The normalized spacial score (nSPS) is 11.6. The Kier molecular flexibility index (Phi) is 11.3. The molecule has 126 valence electrons. The second kappa shape index (κ2) is 11.8. The molecule has 0 radical (unpaired) electrons. The van der Waals surface area contributed by atoms with Crippen molar-refractivity contribution in [2.24, 2.45) is 0 Å². The number of amides is 1. The van der Waals surface area contributed by atoms with Crippen LogP contribution in [0, 0.1) is 6.92 Å². The smallest absolute Gasteiger partial charge is 1.00 e. The van der Waals surface area contributed by atoms with Crippen LogP contribution in [0.15, 0.2) is 18.2 Å². The number of hydrogen-bond donors (Lipinski definition) is 2. The highest BCUT2D eigenvalue weighted by molar-refractivity contribution is 6.34. The Bertz CT molecular complexity index is 438. The van der Waals surface area contributed by atoms with Crippen LogP contribution in [0.2, 0.25) is 5.02 Å². The lowest BCUT2D eigenvalue weighted by molar-refractivity contribution is -0.118. The van der Waals surface area contributed by atoms with Crippen molar-refractivity contribution in [3.63, 3.8) is 0 Å². The van der Waals surface area contributed by atoms with Crippen molar-refractivity contribution in [1.82, 2.24) is 5.32 Å². The maximum Gasteiger partial charge on any atom is 1.00 e. The van der Waals surface area contributed by atoms with Gasteiger partial charge in [0, 0.05) is 0 Å². The summed E-state index contributed by atoms with van der Waals surface area (Å²) >= 11 is 6.17. The fraction of sp³-hybridized carbons (Fsp3) is 0.588. The molecule has 1 rings (SSSR count). The van der Waals surface area contributed by atoms with Gasteiger partial charge in [0.05, 0.1) is 16.8 Å². The Morgan fingerprint density at radius 2 is 1.95 bits per heavy atom. The van der Waals surface area contributed by atoms with Gasteiger partial charge in [-0.25, -0.2) is 0 Å². The zero-order valence-corrected chi connectivity index (χ0v) is 15.2. The average molecular weight is 347 g/mol. The highest BCUT2D eigenvalue weighted by atomic mass is 35.5. The molecule has 0 saturated heterocycles. The fourth-order valence-corrected chi connectivity index (χ4v) is 2.46. The van der Waals surface area contributed by atoms with E-state index in [1.165, 1.54) is 0 Å². The maximum atomic E-state index is 12.5. The molecule has 0 aromatic heterocycles. The first-order valence-corrected chi connectivity index (χ1v) is 8.27. The number of rotatable bonds is 9. The number of unbranched alkanes of at least 4 members (excludes halogenated alkanes) is 2. The van der Waals surface area contributed by atoms with Gasteiger partial charge in [-0.05, 0) is 37.9 Å². The first kappa shape index (κ1) is 21.2. The number of halogens is 2. The van der Waals surface area contributed by atoms with Gasteiger partial charge in [-0.3, -0.25) is 4.79 Å². The van der Waals surface area contributed by atoms with E-state index < -0.39 is 0 Å². The number of aryl methyl sites for hydroxylation is 1. The number of carbonyl (C=O) groups is 1. The molecule has 22 heavy (non-hydrogen) atoms. The van der Waals surface area contributed by atoms with E-state index in [1.54, 1.807) is 6.07 Å². The second-order valence-electron chi connectivity index (χ2n) is 5.42.